The first-order chi connectivity index (χ1) is 8.47. The van der Waals surface area contributed by atoms with Crippen LogP contribution in [-0.4, -0.2) is 60.4 Å². The van der Waals surface area contributed by atoms with Gasteiger partial charge in [-0.1, -0.05) is 0 Å². The summed E-state index contributed by atoms with van der Waals surface area (Å²) in [6.45, 7) is 4.78. The molecular formula is C12H21NO5. The lowest BCUT2D eigenvalue weighted by Crippen LogP contribution is -2.45. The van der Waals surface area contributed by atoms with E-state index in [0.717, 1.165) is 0 Å². The number of amides is 1. The molecule has 1 aliphatic heterocycles. The molecule has 1 amide bonds. The number of carboxylic acids is 1. The van der Waals surface area contributed by atoms with Gasteiger partial charge >= 0.3 is 5.97 Å². The van der Waals surface area contributed by atoms with Crippen LogP contribution in [-0.2, 0) is 19.1 Å². The molecule has 0 aromatic rings. The fourth-order valence-electron chi connectivity index (χ4n) is 2.00. The maximum Gasteiger partial charge on any atom is 0.332 e. The van der Waals surface area contributed by atoms with Gasteiger partial charge in [-0.15, -0.1) is 0 Å². The summed E-state index contributed by atoms with van der Waals surface area (Å²) in [6, 6.07) is 0.0418. The zero-order chi connectivity index (χ0) is 13.7. The maximum atomic E-state index is 12.2. The Hall–Kier alpha value is -1.14. The lowest BCUT2D eigenvalue weighted by molar-refractivity contribution is -0.155. The lowest BCUT2D eigenvalue weighted by atomic mass is 10.1. The average Bonchev–Trinajstić information content (AvgIpc) is 2.78. The lowest BCUT2D eigenvalue weighted by Gasteiger charge is -2.28. The number of nitrogens with zero attached hydrogens (tertiary/aromatic N) is 1. The molecule has 1 fully saturated rings. The Bertz CT molecular complexity index is 305. The highest BCUT2D eigenvalue weighted by atomic mass is 16.5. The van der Waals surface area contributed by atoms with Crippen molar-refractivity contribution < 1.29 is 24.2 Å². The molecule has 1 rings (SSSR count). The van der Waals surface area contributed by atoms with Crippen molar-refractivity contribution in [2.75, 3.05) is 20.3 Å². The summed E-state index contributed by atoms with van der Waals surface area (Å²) >= 11 is 0. The Kier molecular flexibility index (Phi) is 5.55. The molecule has 18 heavy (non-hydrogen) atoms. The summed E-state index contributed by atoms with van der Waals surface area (Å²) in [7, 11) is 1.58. The fraction of sp³-hybridized carbons (Fsp3) is 0.833. The van der Waals surface area contributed by atoms with Crippen LogP contribution in [0, 0.1) is 0 Å². The van der Waals surface area contributed by atoms with Gasteiger partial charge in [-0.05, 0) is 26.7 Å². The quantitative estimate of drug-likeness (QED) is 0.751. The summed E-state index contributed by atoms with van der Waals surface area (Å²) in [4.78, 5) is 24.7. The van der Waals surface area contributed by atoms with Crippen LogP contribution in [0.5, 0.6) is 0 Å². The normalized spacial score (nSPS) is 23.3. The summed E-state index contributed by atoms with van der Waals surface area (Å²) in [5.41, 5.74) is 0. The van der Waals surface area contributed by atoms with Crippen LogP contribution >= 0.6 is 0 Å². The van der Waals surface area contributed by atoms with E-state index < -0.39 is 18.2 Å². The predicted molar refractivity (Wildman–Crippen MR) is 64.3 cm³/mol. The molecule has 0 aromatic carbocycles. The van der Waals surface area contributed by atoms with E-state index in [1.807, 2.05) is 13.8 Å². The Morgan fingerprint density at radius 3 is 2.44 bits per heavy atom. The van der Waals surface area contributed by atoms with Gasteiger partial charge in [0.05, 0.1) is 6.61 Å². The number of carbonyl (C=O) groups excluding carboxylic acids is 1. The minimum Gasteiger partial charge on any atom is -0.479 e. The highest BCUT2D eigenvalue weighted by Gasteiger charge is 2.37. The highest BCUT2D eigenvalue weighted by molar-refractivity contribution is 5.83. The van der Waals surface area contributed by atoms with Crippen molar-refractivity contribution in [3.63, 3.8) is 0 Å². The molecule has 0 aliphatic carbocycles. The molecule has 1 heterocycles. The molecular weight excluding hydrogens is 238 g/mol. The molecule has 2 atom stereocenters. The molecule has 0 bridgehead atoms. The van der Waals surface area contributed by atoms with Crippen LogP contribution in [0.25, 0.3) is 0 Å². The number of aliphatic carboxylic acids is 1. The van der Waals surface area contributed by atoms with Crippen molar-refractivity contribution in [2.24, 2.45) is 0 Å². The van der Waals surface area contributed by atoms with Crippen molar-refractivity contribution >= 4 is 11.9 Å². The monoisotopic (exact) mass is 259 g/mol. The topological polar surface area (TPSA) is 76.1 Å². The zero-order valence-electron chi connectivity index (χ0n) is 11.1. The summed E-state index contributed by atoms with van der Waals surface area (Å²) in [6.07, 6.45) is -0.630. The van der Waals surface area contributed by atoms with E-state index in [9.17, 15) is 9.59 Å². The largest absolute Gasteiger partial charge is 0.479 e. The molecule has 0 saturated carbocycles. The van der Waals surface area contributed by atoms with E-state index in [4.69, 9.17) is 14.6 Å². The van der Waals surface area contributed by atoms with Gasteiger partial charge in [-0.3, -0.25) is 4.79 Å². The first kappa shape index (κ1) is 14.9. The number of hydrogen-bond acceptors (Lipinski definition) is 4. The standard InChI is InChI=1S/C12H21NO5/c1-8(2)13(6-7-17-3)11(14)9-4-5-10(18-9)12(15)16/h8-10H,4-7H2,1-3H3,(H,15,16)/t9-,10+/m0/s1. The Morgan fingerprint density at radius 2 is 2.00 bits per heavy atom. The molecule has 1 saturated heterocycles. The summed E-state index contributed by atoms with van der Waals surface area (Å²) < 4.78 is 10.2. The van der Waals surface area contributed by atoms with Crippen molar-refractivity contribution in [3.05, 3.63) is 0 Å². The number of methoxy groups -OCH3 is 1. The number of carbonyl (C=O) groups is 2. The van der Waals surface area contributed by atoms with E-state index >= 15 is 0 Å². The van der Waals surface area contributed by atoms with Crippen molar-refractivity contribution in [1.82, 2.24) is 4.90 Å². The fourth-order valence-corrected chi connectivity index (χ4v) is 2.00. The van der Waals surface area contributed by atoms with Crippen molar-refractivity contribution in [3.8, 4) is 0 Å². The number of ether oxygens (including phenoxy) is 2. The molecule has 0 aromatic heterocycles. The smallest absolute Gasteiger partial charge is 0.332 e. The highest BCUT2D eigenvalue weighted by Crippen LogP contribution is 2.22. The van der Waals surface area contributed by atoms with Gasteiger partial charge in [-0.25, -0.2) is 4.79 Å². The third-order valence-electron chi connectivity index (χ3n) is 3.01. The van der Waals surface area contributed by atoms with E-state index in [0.29, 0.717) is 26.0 Å². The Balaban J connectivity index is 2.58. The van der Waals surface area contributed by atoms with Crippen molar-refractivity contribution in [1.29, 1.82) is 0 Å². The second-order valence-electron chi connectivity index (χ2n) is 4.65. The van der Waals surface area contributed by atoms with Gasteiger partial charge in [0.15, 0.2) is 6.10 Å². The molecule has 6 nitrogen and oxygen atoms in total. The van der Waals surface area contributed by atoms with Crippen molar-refractivity contribution in [2.45, 2.75) is 44.9 Å². The minimum absolute atomic E-state index is 0.0418. The van der Waals surface area contributed by atoms with E-state index in [1.165, 1.54) is 0 Å². The molecule has 6 heteroatoms. The van der Waals surface area contributed by atoms with Gasteiger partial charge in [0.25, 0.3) is 5.91 Å². The SMILES string of the molecule is COCCN(C(=O)[C@@H]1CC[C@H](C(=O)O)O1)C(C)C. The van der Waals surface area contributed by atoms with E-state index in [-0.39, 0.29) is 11.9 Å². The molecule has 0 unspecified atom stereocenters. The van der Waals surface area contributed by atoms with Crippen LogP contribution in [0.1, 0.15) is 26.7 Å². The van der Waals surface area contributed by atoms with Gasteiger partial charge in [0, 0.05) is 19.7 Å². The van der Waals surface area contributed by atoms with Crippen LogP contribution in [0.3, 0.4) is 0 Å². The molecule has 0 radical (unpaired) electrons. The summed E-state index contributed by atoms with van der Waals surface area (Å²) in [5, 5.41) is 8.83. The first-order valence-corrected chi connectivity index (χ1v) is 6.15. The predicted octanol–water partition coefficient (Wildman–Crippen LogP) is 0.502. The number of carboxylic acid groups (broad SMARTS) is 1. The third-order valence-corrected chi connectivity index (χ3v) is 3.01. The molecule has 1 N–H and O–H groups in total. The average molecular weight is 259 g/mol. The number of rotatable bonds is 6. The summed E-state index contributed by atoms with van der Waals surface area (Å²) in [5.74, 6) is -1.15. The van der Waals surface area contributed by atoms with Gasteiger partial charge < -0.3 is 19.5 Å². The van der Waals surface area contributed by atoms with Gasteiger partial charge in [0.1, 0.15) is 6.10 Å². The maximum absolute atomic E-state index is 12.2. The van der Waals surface area contributed by atoms with E-state index in [2.05, 4.69) is 0 Å². The second-order valence-corrected chi connectivity index (χ2v) is 4.65. The van der Waals surface area contributed by atoms with Gasteiger partial charge in [-0.2, -0.15) is 0 Å². The van der Waals surface area contributed by atoms with Crippen LogP contribution in [0.4, 0.5) is 0 Å². The Morgan fingerprint density at radius 1 is 1.39 bits per heavy atom. The van der Waals surface area contributed by atoms with E-state index in [1.54, 1.807) is 12.0 Å². The first-order valence-electron chi connectivity index (χ1n) is 6.15. The van der Waals surface area contributed by atoms with Crippen LogP contribution in [0.15, 0.2) is 0 Å². The third kappa shape index (κ3) is 3.68. The van der Waals surface area contributed by atoms with Crippen LogP contribution in [0.2, 0.25) is 0 Å². The number of hydrogen-bond donors (Lipinski definition) is 1. The molecule has 104 valence electrons. The second kappa shape index (κ2) is 6.70. The Labute approximate surface area is 107 Å². The molecule has 0 spiro atoms. The minimum atomic E-state index is -1.00. The van der Waals surface area contributed by atoms with Crippen LogP contribution < -0.4 is 0 Å². The zero-order valence-corrected chi connectivity index (χ0v) is 11.1. The molecule has 1 aliphatic rings. The van der Waals surface area contributed by atoms with Gasteiger partial charge in [0.2, 0.25) is 0 Å².